The maximum atomic E-state index is 14.0. The first-order valence-corrected chi connectivity index (χ1v) is 7.87. The van der Waals surface area contributed by atoms with Gasteiger partial charge < -0.3 is 5.32 Å². The highest BCUT2D eigenvalue weighted by atomic mass is 32.1. The van der Waals surface area contributed by atoms with E-state index in [0.29, 0.717) is 5.92 Å². The topological polar surface area (TPSA) is 24.9 Å². The molecule has 0 saturated heterocycles. The van der Waals surface area contributed by atoms with Gasteiger partial charge in [-0.15, -0.1) is 11.3 Å². The molecule has 20 heavy (non-hydrogen) atoms. The van der Waals surface area contributed by atoms with Crippen molar-refractivity contribution in [3.8, 4) is 0 Å². The lowest BCUT2D eigenvalue weighted by molar-refractivity contribution is 0.500. The van der Waals surface area contributed by atoms with E-state index in [9.17, 15) is 4.39 Å². The number of nitrogens with zero attached hydrogens (tertiary/aromatic N) is 1. The van der Waals surface area contributed by atoms with E-state index in [4.69, 9.17) is 0 Å². The Morgan fingerprint density at radius 1 is 1.25 bits per heavy atom. The minimum atomic E-state index is -0.117. The molecule has 0 bridgehead atoms. The minimum absolute atomic E-state index is 0.117. The third kappa shape index (κ3) is 4.39. The highest BCUT2D eigenvalue weighted by Gasteiger charge is 2.16. The number of benzene rings is 1. The van der Waals surface area contributed by atoms with Crippen LogP contribution in [-0.4, -0.2) is 18.1 Å². The fourth-order valence-electron chi connectivity index (χ4n) is 2.23. The van der Waals surface area contributed by atoms with Crippen LogP contribution in [0.1, 0.15) is 30.2 Å². The van der Waals surface area contributed by atoms with Crippen LogP contribution in [0, 0.1) is 11.7 Å². The number of rotatable bonds is 7. The van der Waals surface area contributed by atoms with Gasteiger partial charge in [-0.3, -0.25) is 4.98 Å². The van der Waals surface area contributed by atoms with E-state index in [1.54, 1.807) is 17.4 Å². The van der Waals surface area contributed by atoms with E-state index in [1.807, 2.05) is 23.8 Å². The molecule has 1 unspecified atom stereocenters. The Morgan fingerprint density at radius 2 is 2.05 bits per heavy atom. The summed E-state index contributed by atoms with van der Waals surface area (Å²) in [6.07, 6.45) is 2.71. The first-order valence-electron chi connectivity index (χ1n) is 6.99. The molecule has 2 aromatic rings. The highest BCUT2D eigenvalue weighted by molar-refractivity contribution is 7.09. The van der Waals surface area contributed by atoms with E-state index < -0.39 is 0 Å². The molecule has 0 fully saturated rings. The molecule has 2 nitrogen and oxygen atoms in total. The largest absolute Gasteiger partial charge is 0.316 e. The van der Waals surface area contributed by atoms with Crippen LogP contribution >= 0.6 is 11.3 Å². The summed E-state index contributed by atoms with van der Waals surface area (Å²) in [4.78, 5) is 5.30. The second-order valence-corrected chi connectivity index (χ2v) is 6.41. The summed E-state index contributed by atoms with van der Waals surface area (Å²) in [6.45, 7) is 6.09. The molecule has 1 heterocycles. The van der Waals surface area contributed by atoms with Gasteiger partial charge >= 0.3 is 0 Å². The number of thiazole rings is 1. The summed E-state index contributed by atoms with van der Waals surface area (Å²) in [6, 6.07) is 7.07. The van der Waals surface area contributed by atoms with Crippen molar-refractivity contribution in [1.29, 1.82) is 0 Å². The van der Waals surface area contributed by atoms with Crippen molar-refractivity contribution < 1.29 is 4.39 Å². The van der Waals surface area contributed by atoms with Gasteiger partial charge in [-0.2, -0.15) is 0 Å². The summed E-state index contributed by atoms with van der Waals surface area (Å²) in [5.74, 6) is 0.628. The van der Waals surface area contributed by atoms with Crippen molar-refractivity contribution in [2.75, 3.05) is 13.1 Å². The first kappa shape index (κ1) is 15.1. The van der Waals surface area contributed by atoms with Gasteiger partial charge in [-0.05, 0) is 30.5 Å². The van der Waals surface area contributed by atoms with Gasteiger partial charge in [0.05, 0.1) is 5.51 Å². The summed E-state index contributed by atoms with van der Waals surface area (Å²) < 4.78 is 14.0. The molecule has 0 amide bonds. The van der Waals surface area contributed by atoms with E-state index >= 15 is 0 Å². The van der Waals surface area contributed by atoms with Gasteiger partial charge in [0.25, 0.3) is 0 Å². The molecule has 0 aliphatic rings. The van der Waals surface area contributed by atoms with E-state index in [0.717, 1.165) is 25.1 Å². The average Bonchev–Trinajstić information content (AvgIpc) is 2.91. The van der Waals surface area contributed by atoms with Crippen LogP contribution in [0.3, 0.4) is 0 Å². The zero-order valence-electron chi connectivity index (χ0n) is 12.0. The lowest BCUT2D eigenvalue weighted by Gasteiger charge is -2.19. The Labute approximate surface area is 124 Å². The van der Waals surface area contributed by atoms with E-state index in [2.05, 4.69) is 24.1 Å². The van der Waals surface area contributed by atoms with Crippen molar-refractivity contribution in [1.82, 2.24) is 10.3 Å². The van der Waals surface area contributed by atoms with Crippen LogP contribution in [-0.2, 0) is 6.42 Å². The van der Waals surface area contributed by atoms with Crippen LogP contribution in [0.4, 0.5) is 4.39 Å². The summed E-state index contributed by atoms with van der Waals surface area (Å²) in [5.41, 5.74) is 2.62. The predicted molar refractivity (Wildman–Crippen MR) is 82.7 cm³/mol. The molecule has 0 radical (unpaired) electrons. The zero-order valence-corrected chi connectivity index (χ0v) is 12.8. The fraction of sp³-hybridized carbons (Fsp3) is 0.438. The molecular weight excluding hydrogens is 271 g/mol. The van der Waals surface area contributed by atoms with Crippen LogP contribution in [0.5, 0.6) is 0 Å². The third-order valence-electron chi connectivity index (χ3n) is 3.22. The fourth-order valence-corrected chi connectivity index (χ4v) is 2.91. The molecule has 1 atom stereocenters. The number of nitrogens with one attached hydrogen (secondary N) is 1. The van der Waals surface area contributed by atoms with Crippen LogP contribution in [0.25, 0.3) is 0 Å². The van der Waals surface area contributed by atoms with E-state index in [1.165, 1.54) is 10.9 Å². The SMILES string of the molecule is CC(C)CNCC(Cc1cncs1)c1ccccc1F. The molecular formula is C16H21FN2S. The maximum absolute atomic E-state index is 14.0. The maximum Gasteiger partial charge on any atom is 0.126 e. The zero-order chi connectivity index (χ0) is 14.4. The van der Waals surface area contributed by atoms with E-state index in [-0.39, 0.29) is 11.7 Å². The Balaban J connectivity index is 2.09. The van der Waals surface area contributed by atoms with Crippen molar-refractivity contribution >= 4 is 11.3 Å². The molecule has 108 valence electrons. The summed E-state index contributed by atoms with van der Waals surface area (Å²) in [5, 5.41) is 3.44. The molecule has 1 N–H and O–H groups in total. The quantitative estimate of drug-likeness (QED) is 0.838. The lowest BCUT2D eigenvalue weighted by Crippen LogP contribution is -2.26. The Bertz CT molecular complexity index is 511. The minimum Gasteiger partial charge on any atom is -0.316 e. The molecule has 0 aliphatic heterocycles. The molecule has 2 rings (SSSR count). The van der Waals surface area contributed by atoms with Gasteiger partial charge in [0.2, 0.25) is 0 Å². The molecule has 0 saturated carbocycles. The number of halogens is 1. The van der Waals surface area contributed by atoms with Gasteiger partial charge in [0.15, 0.2) is 0 Å². The summed E-state index contributed by atoms with van der Waals surface area (Å²) in [7, 11) is 0. The van der Waals surface area contributed by atoms with Crippen molar-refractivity contribution in [3.63, 3.8) is 0 Å². The first-order chi connectivity index (χ1) is 9.66. The Kier molecular flexibility index (Phi) is 5.68. The second-order valence-electron chi connectivity index (χ2n) is 5.44. The van der Waals surface area contributed by atoms with Gasteiger partial charge in [0, 0.05) is 23.5 Å². The molecule has 0 aliphatic carbocycles. The number of aromatic nitrogens is 1. The van der Waals surface area contributed by atoms with Gasteiger partial charge in [-0.25, -0.2) is 4.39 Å². The van der Waals surface area contributed by atoms with Crippen molar-refractivity contribution in [3.05, 3.63) is 52.2 Å². The van der Waals surface area contributed by atoms with Crippen molar-refractivity contribution in [2.45, 2.75) is 26.2 Å². The Hall–Kier alpha value is -1.26. The van der Waals surface area contributed by atoms with Crippen LogP contribution < -0.4 is 5.32 Å². The van der Waals surface area contributed by atoms with Gasteiger partial charge in [-0.1, -0.05) is 32.0 Å². The molecule has 1 aromatic heterocycles. The standard InChI is InChI=1S/C16H21FN2S/c1-12(2)8-18-9-13(7-14-10-19-11-20-14)15-5-3-4-6-16(15)17/h3-6,10-13,18H,7-9H2,1-2H3. The van der Waals surface area contributed by atoms with Crippen LogP contribution in [0.2, 0.25) is 0 Å². The Morgan fingerprint density at radius 3 is 2.70 bits per heavy atom. The monoisotopic (exact) mass is 292 g/mol. The lowest BCUT2D eigenvalue weighted by atomic mass is 9.94. The molecule has 1 aromatic carbocycles. The van der Waals surface area contributed by atoms with Gasteiger partial charge in [0.1, 0.15) is 5.82 Å². The highest BCUT2D eigenvalue weighted by Crippen LogP contribution is 2.24. The predicted octanol–water partition coefficient (Wildman–Crippen LogP) is 3.85. The molecule has 0 spiro atoms. The number of hydrogen-bond donors (Lipinski definition) is 1. The molecule has 4 heteroatoms. The second kappa shape index (κ2) is 7.50. The van der Waals surface area contributed by atoms with Crippen molar-refractivity contribution in [2.24, 2.45) is 5.92 Å². The average molecular weight is 292 g/mol. The smallest absolute Gasteiger partial charge is 0.126 e. The van der Waals surface area contributed by atoms with Crippen LogP contribution in [0.15, 0.2) is 36.0 Å². The third-order valence-corrected chi connectivity index (χ3v) is 4.02. The normalized spacial score (nSPS) is 12.8. The summed E-state index contributed by atoms with van der Waals surface area (Å²) >= 11 is 1.63. The number of hydrogen-bond acceptors (Lipinski definition) is 3.